The summed E-state index contributed by atoms with van der Waals surface area (Å²) in [7, 11) is -1.76. The van der Waals surface area contributed by atoms with Crippen LogP contribution in [0.15, 0.2) is 30.3 Å². The minimum absolute atomic E-state index is 0.198. The molecule has 0 bridgehead atoms. The highest BCUT2D eigenvalue weighted by atomic mass is 32.2. The van der Waals surface area contributed by atoms with Gasteiger partial charge in [0.2, 0.25) is 10.0 Å². The predicted octanol–water partition coefficient (Wildman–Crippen LogP) is 2.12. The van der Waals surface area contributed by atoms with Crippen molar-refractivity contribution in [2.24, 2.45) is 7.05 Å². The van der Waals surface area contributed by atoms with E-state index in [-0.39, 0.29) is 12.6 Å². The molecule has 0 radical (unpaired) electrons. The lowest BCUT2D eigenvalue weighted by atomic mass is 10.1. The number of nitrogens with zero attached hydrogens (tertiary/aromatic N) is 4. The maximum Gasteiger partial charge on any atom is 0.323 e. The Hall–Kier alpha value is -2.55. The lowest BCUT2D eigenvalue weighted by molar-refractivity contribution is 0.200. The molecule has 0 spiro atoms. The zero-order valence-corrected chi connectivity index (χ0v) is 16.9. The SMILES string of the molecule is Cc1cc(NC(=O)N2CCCC(S(=O)(=O)N3CCc4ccccc43)C2)n(C)n1. The van der Waals surface area contributed by atoms with E-state index in [0.717, 1.165) is 23.4 Å². The van der Waals surface area contributed by atoms with Crippen LogP contribution in [0.4, 0.5) is 16.3 Å². The number of aromatic nitrogens is 2. The second kappa shape index (κ2) is 7.12. The standard InChI is InChI=1S/C19H25N5O3S/c1-14-12-18(22(2)21-14)20-19(25)23-10-5-7-16(13-23)28(26,27)24-11-9-15-6-3-4-8-17(15)24/h3-4,6,8,12,16H,5,7,9-11,13H2,1-2H3,(H,20,25). The van der Waals surface area contributed by atoms with Crippen molar-refractivity contribution in [2.45, 2.75) is 31.4 Å². The molecule has 0 saturated carbocycles. The second-order valence-electron chi connectivity index (χ2n) is 7.43. The number of piperidine rings is 1. The van der Waals surface area contributed by atoms with Gasteiger partial charge in [0.25, 0.3) is 0 Å². The van der Waals surface area contributed by atoms with Crippen LogP contribution >= 0.6 is 0 Å². The highest BCUT2D eigenvalue weighted by molar-refractivity contribution is 7.93. The molecule has 8 nitrogen and oxygen atoms in total. The number of hydrogen-bond acceptors (Lipinski definition) is 4. The summed E-state index contributed by atoms with van der Waals surface area (Å²) in [6, 6.07) is 9.13. The molecular formula is C19H25N5O3S. The van der Waals surface area contributed by atoms with E-state index >= 15 is 0 Å². The molecule has 9 heteroatoms. The Morgan fingerprint density at radius 3 is 2.79 bits per heavy atom. The van der Waals surface area contributed by atoms with E-state index < -0.39 is 15.3 Å². The van der Waals surface area contributed by atoms with Gasteiger partial charge in [-0.3, -0.25) is 14.3 Å². The molecule has 1 atom stereocenters. The molecule has 1 fully saturated rings. The summed E-state index contributed by atoms with van der Waals surface area (Å²) in [6.07, 6.45) is 1.96. The fraction of sp³-hybridized carbons (Fsp3) is 0.474. The van der Waals surface area contributed by atoms with E-state index in [0.29, 0.717) is 31.7 Å². The Balaban J connectivity index is 1.49. The molecule has 2 aromatic rings. The first kappa shape index (κ1) is 18.8. The fourth-order valence-corrected chi connectivity index (χ4v) is 6.03. The quantitative estimate of drug-likeness (QED) is 0.850. The maximum atomic E-state index is 13.3. The average molecular weight is 404 g/mol. The number of nitrogens with one attached hydrogen (secondary N) is 1. The third kappa shape index (κ3) is 3.34. The van der Waals surface area contributed by atoms with Crippen LogP contribution in [0.2, 0.25) is 0 Å². The van der Waals surface area contributed by atoms with Crippen molar-refractivity contribution in [3.63, 3.8) is 0 Å². The van der Waals surface area contributed by atoms with Gasteiger partial charge in [-0.25, -0.2) is 13.2 Å². The van der Waals surface area contributed by atoms with Crippen LogP contribution in [0.1, 0.15) is 24.1 Å². The first-order chi connectivity index (χ1) is 13.4. The molecule has 0 aliphatic carbocycles. The van der Waals surface area contributed by atoms with Gasteiger partial charge >= 0.3 is 6.03 Å². The van der Waals surface area contributed by atoms with Crippen LogP contribution in [0.5, 0.6) is 0 Å². The second-order valence-corrected chi connectivity index (χ2v) is 9.57. The van der Waals surface area contributed by atoms with Crippen LogP contribution in [-0.2, 0) is 23.5 Å². The summed E-state index contributed by atoms with van der Waals surface area (Å²) < 4.78 is 29.7. The van der Waals surface area contributed by atoms with Crippen molar-refractivity contribution in [3.8, 4) is 0 Å². The number of carbonyl (C=O) groups excluding carboxylic acids is 1. The van der Waals surface area contributed by atoms with Crippen molar-refractivity contribution in [3.05, 3.63) is 41.6 Å². The Labute approximate surface area is 165 Å². The molecule has 28 heavy (non-hydrogen) atoms. The minimum Gasteiger partial charge on any atom is -0.323 e. The van der Waals surface area contributed by atoms with Crippen molar-refractivity contribution in [1.82, 2.24) is 14.7 Å². The Bertz CT molecular complexity index is 1000. The number of amides is 2. The third-order valence-electron chi connectivity index (χ3n) is 5.48. The zero-order valence-electron chi connectivity index (χ0n) is 16.1. The van der Waals surface area contributed by atoms with Crippen molar-refractivity contribution >= 4 is 27.6 Å². The number of rotatable bonds is 3. The molecule has 1 aromatic carbocycles. The van der Waals surface area contributed by atoms with Crippen LogP contribution in [0.25, 0.3) is 0 Å². The molecule has 3 heterocycles. The van der Waals surface area contributed by atoms with Gasteiger partial charge in [-0.15, -0.1) is 0 Å². The van der Waals surface area contributed by atoms with E-state index in [9.17, 15) is 13.2 Å². The van der Waals surface area contributed by atoms with Crippen LogP contribution in [0, 0.1) is 6.92 Å². The molecule has 1 unspecified atom stereocenters. The number of anilines is 2. The van der Waals surface area contributed by atoms with Gasteiger partial charge < -0.3 is 4.90 Å². The molecule has 4 rings (SSSR count). The molecular weight excluding hydrogens is 378 g/mol. The summed E-state index contributed by atoms with van der Waals surface area (Å²) in [4.78, 5) is 14.3. The number of hydrogen-bond donors (Lipinski definition) is 1. The van der Waals surface area contributed by atoms with E-state index in [1.54, 1.807) is 22.7 Å². The van der Waals surface area contributed by atoms with Crippen molar-refractivity contribution < 1.29 is 13.2 Å². The Morgan fingerprint density at radius 2 is 2.04 bits per heavy atom. The Morgan fingerprint density at radius 1 is 1.25 bits per heavy atom. The molecule has 1 N–H and O–H groups in total. The summed E-state index contributed by atoms with van der Waals surface area (Å²) >= 11 is 0. The molecule has 150 valence electrons. The number of benzene rings is 1. The van der Waals surface area contributed by atoms with Gasteiger partial charge in [0.15, 0.2) is 0 Å². The summed E-state index contributed by atoms with van der Waals surface area (Å²) in [5, 5.41) is 6.46. The average Bonchev–Trinajstić information content (AvgIpc) is 3.25. The van der Waals surface area contributed by atoms with E-state index in [4.69, 9.17) is 0 Å². The lowest BCUT2D eigenvalue weighted by Crippen LogP contribution is -2.50. The summed E-state index contributed by atoms with van der Waals surface area (Å²) in [6.45, 7) is 3.07. The van der Waals surface area contributed by atoms with E-state index in [1.165, 1.54) is 4.31 Å². The third-order valence-corrected chi connectivity index (χ3v) is 7.70. The fourth-order valence-electron chi connectivity index (χ4n) is 4.03. The maximum absolute atomic E-state index is 13.3. The topological polar surface area (TPSA) is 87.5 Å². The first-order valence-electron chi connectivity index (χ1n) is 9.52. The molecule has 2 amide bonds. The lowest BCUT2D eigenvalue weighted by Gasteiger charge is -2.34. The molecule has 1 aromatic heterocycles. The highest BCUT2D eigenvalue weighted by Gasteiger charge is 2.39. The first-order valence-corrected chi connectivity index (χ1v) is 11.0. The van der Waals surface area contributed by atoms with Gasteiger partial charge in [0.1, 0.15) is 5.82 Å². The van der Waals surface area contributed by atoms with Crippen molar-refractivity contribution in [2.75, 3.05) is 29.3 Å². The van der Waals surface area contributed by atoms with Crippen LogP contribution in [-0.4, -0.2) is 54.0 Å². The number of likely N-dealkylation sites (tertiary alicyclic amines) is 1. The summed E-state index contributed by atoms with van der Waals surface area (Å²) in [5.74, 6) is 0.598. The van der Waals surface area contributed by atoms with Gasteiger partial charge in [0, 0.05) is 32.7 Å². The van der Waals surface area contributed by atoms with Gasteiger partial charge in [-0.2, -0.15) is 5.10 Å². The smallest absolute Gasteiger partial charge is 0.323 e. The number of para-hydroxylation sites is 1. The van der Waals surface area contributed by atoms with E-state index in [1.807, 2.05) is 31.2 Å². The summed E-state index contributed by atoms with van der Waals surface area (Å²) in [5.41, 5.74) is 2.64. The van der Waals surface area contributed by atoms with Crippen molar-refractivity contribution in [1.29, 1.82) is 0 Å². The number of fused-ring (bicyclic) bond motifs is 1. The van der Waals surface area contributed by atoms with Gasteiger partial charge in [0.05, 0.1) is 16.6 Å². The zero-order chi connectivity index (χ0) is 19.9. The predicted molar refractivity (Wildman–Crippen MR) is 108 cm³/mol. The van der Waals surface area contributed by atoms with E-state index in [2.05, 4.69) is 10.4 Å². The number of carbonyl (C=O) groups is 1. The molecule has 2 aliphatic rings. The number of aryl methyl sites for hydroxylation is 2. The van der Waals surface area contributed by atoms with Gasteiger partial charge in [-0.05, 0) is 37.8 Å². The van der Waals surface area contributed by atoms with Crippen LogP contribution < -0.4 is 9.62 Å². The van der Waals surface area contributed by atoms with Crippen LogP contribution in [0.3, 0.4) is 0 Å². The normalized spacial score (nSPS) is 19.6. The highest BCUT2D eigenvalue weighted by Crippen LogP contribution is 2.33. The Kier molecular flexibility index (Phi) is 4.78. The molecule has 1 saturated heterocycles. The van der Waals surface area contributed by atoms with Gasteiger partial charge in [-0.1, -0.05) is 18.2 Å². The minimum atomic E-state index is -3.52. The number of sulfonamides is 1. The monoisotopic (exact) mass is 403 g/mol. The molecule has 2 aliphatic heterocycles. The largest absolute Gasteiger partial charge is 0.323 e. The number of urea groups is 1.